The molecule has 0 unspecified atom stereocenters. The van der Waals surface area contributed by atoms with Gasteiger partial charge in [0.1, 0.15) is 6.54 Å². The smallest absolute Gasteiger partial charge is 1.00 e. The van der Waals surface area contributed by atoms with E-state index in [1.807, 2.05) is 19.9 Å². The third-order valence-corrected chi connectivity index (χ3v) is 6.80. The third-order valence-electron chi connectivity index (χ3n) is 6.54. The van der Waals surface area contributed by atoms with Crippen molar-refractivity contribution in [3.63, 3.8) is 0 Å². The van der Waals surface area contributed by atoms with Gasteiger partial charge in [0.05, 0.1) is 28.7 Å². The minimum absolute atomic E-state index is 0. The molecule has 28 heteroatoms. The SMILES string of the molecule is CCc1cc(CCl)on1.CCc1cc(Cn2nc(-c3cnc(OCC(F)(F)F)nc3)ccc2=O)on1.O=CO[O-].O=c1ccc(-c2cnc(OCC(F)(F)F)nc2)n[nH]1.[H-].[K+].[K+]. The number of rotatable bonds is 12. The first-order valence-corrected chi connectivity index (χ1v) is 16.9. The van der Waals surface area contributed by atoms with Gasteiger partial charge in [-0.3, -0.25) is 14.4 Å². The Hall–Kier alpha value is -3.49. The first-order valence-electron chi connectivity index (χ1n) is 16.4. The zero-order chi connectivity index (χ0) is 43.4. The van der Waals surface area contributed by atoms with Crippen LogP contribution < -0.4 is 129 Å². The number of ether oxygens (including phenoxy) is 2. The maximum absolute atomic E-state index is 12.1. The number of H-pyrrole nitrogens is 1. The minimum Gasteiger partial charge on any atom is -1.00 e. The number of carbonyl (C=O) groups is 1. The number of hydrogen-bond donors (Lipinski definition) is 1. The molecule has 61 heavy (non-hydrogen) atoms. The molecule has 0 aliphatic rings. The molecule has 318 valence electrons. The quantitative estimate of drug-likeness (QED) is 0.0346. The summed E-state index contributed by atoms with van der Waals surface area (Å²) in [5.41, 5.74) is 2.62. The molecule has 6 aromatic rings. The summed E-state index contributed by atoms with van der Waals surface area (Å²) in [6.07, 6.45) is -2.29. The van der Waals surface area contributed by atoms with Gasteiger partial charge in [-0.15, -0.1) is 11.6 Å². The van der Waals surface area contributed by atoms with Crippen LogP contribution in [0.3, 0.4) is 0 Å². The van der Waals surface area contributed by atoms with Crippen molar-refractivity contribution in [3.8, 4) is 34.5 Å². The van der Waals surface area contributed by atoms with Gasteiger partial charge in [0, 0.05) is 60.2 Å². The van der Waals surface area contributed by atoms with Crippen LogP contribution in [0.2, 0.25) is 0 Å². The van der Waals surface area contributed by atoms with E-state index in [-0.39, 0.29) is 134 Å². The van der Waals surface area contributed by atoms with Gasteiger partial charge in [-0.25, -0.2) is 29.7 Å². The predicted molar refractivity (Wildman–Crippen MR) is 187 cm³/mol. The first-order chi connectivity index (χ1) is 28.1. The number of alkyl halides is 7. The third kappa shape index (κ3) is 21.4. The largest absolute Gasteiger partial charge is 1.00 e. The number of carbonyl (C=O) groups excluding carboxylic acids is 1. The number of nitrogens with one attached hydrogen (secondary N) is 1. The maximum Gasteiger partial charge on any atom is 1.00 e. The van der Waals surface area contributed by atoms with Crippen LogP contribution in [-0.2, 0) is 34.9 Å². The number of aromatic amines is 1. The van der Waals surface area contributed by atoms with Crippen LogP contribution in [0, 0.1) is 0 Å². The average molecular weight is 939 g/mol. The van der Waals surface area contributed by atoms with E-state index < -0.39 is 31.6 Å². The van der Waals surface area contributed by atoms with Gasteiger partial charge >= 0.3 is 127 Å². The van der Waals surface area contributed by atoms with Crippen LogP contribution in [0.15, 0.2) is 79.8 Å². The summed E-state index contributed by atoms with van der Waals surface area (Å²) in [5, 5.41) is 26.2. The Balaban J connectivity index is 0.000000924. The van der Waals surface area contributed by atoms with Gasteiger partial charge in [-0.1, -0.05) is 24.2 Å². The van der Waals surface area contributed by atoms with Crippen molar-refractivity contribution >= 4 is 18.1 Å². The van der Waals surface area contributed by atoms with E-state index in [1.54, 1.807) is 6.07 Å². The molecule has 0 fully saturated rings. The maximum atomic E-state index is 12.1. The molecule has 1 N–H and O–H groups in total. The molecule has 0 saturated carbocycles. The van der Waals surface area contributed by atoms with Crippen molar-refractivity contribution in [1.82, 2.24) is 50.2 Å². The molecule has 0 amide bonds. The minimum atomic E-state index is -4.47. The number of hydrogen-bond acceptors (Lipinski definition) is 17. The topological polar surface area (TPSA) is 252 Å². The molecule has 6 aromatic heterocycles. The van der Waals surface area contributed by atoms with E-state index in [9.17, 15) is 35.9 Å². The van der Waals surface area contributed by atoms with Crippen LogP contribution in [0.4, 0.5) is 26.3 Å². The van der Waals surface area contributed by atoms with Gasteiger partial charge < -0.3 is 30.1 Å². The van der Waals surface area contributed by atoms with Crippen LogP contribution in [-0.4, -0.2) is 82.3 Å². The number of nitrogens with zero attached hydrogens (tertiary/aromatic N) is 9. The van der Waals surface area contributed by atoms with E-state index in [1.165, 1.54) is 53.7 Å². The molecule has 0 aliphatic carbocycles. The van der Waals surface area contributed by atoms with E-state index in [0.717, 1.165) is 23.6 Å². The molecule has 0 aromatic carbocycles. The molecule has 0 radical (unpaired) electrons. The van der Waals surface area contributed by atoms with E-state index in [4.69, 9.17) is 30.7 Å². The fourth-order valence-electron chi connectivity index (χ4n) is 3.89. The van der Waals surface area contributed by atoms with E-state index in [2.05, 4.69) is 59.9 Å². The van der Waals surface area contributed by atoms with Gasteiger partial charge in [0.25, 0.3) is 17.6 Å². The van der Waals surface area contributed by atoms with E-state index >= 15 is 0 Å². The Kier molecular flexibility index (Phi) is 25.7. The average Bonchev–Trinajstić information content (AvgIpc) is 3.90. The van der Waals surface area contributed by atoms with Crippen molar-refractivity contribution in [3.05, 3.63) is 105 Å². The van der Waals surface area contributed by atoms with Gasteiger partial charge in [0.15, 0.2) is 24.7 Å². The number of aromatic nitrogens is 10. The molecule has 0 aliphatic heterocycles. The van der Waals surface area contributed by atoms with Crippen LogP contribution in [0.5, 0.6) is 12.0 Å². The Morgan fingerprint density at radius 2 is 1.25 bits per heavy atom. The Morgan fingerprint density at radius 1 is 0.787 bits per heavy atom. The molecule has 6 heterocycles. The monoisotopic (exact) mass is 938 g/mol. The van der Waals surface area contributed by atoms with Crippen LogP contribution in [0.1, 0.15) is 38.2 Å². The zero-order valence-corrected chi connectivity index (χ0v) is 39.4. The summed E-state index contributed by atoms with van der Waals surface area (Å²) in [4.78, 5) is 48.7. The summed E-state index contributed by atoms with van der Waals surface area (Å²) < 4.78 is 92.1. The normalized spacial score (nSPS) is 10.5. The fraction of sp³-hybridized carbons (Fsp3) is 0.303. The van der Waals surface area contributed by atoms with Gasteiger partial charge in [-0.05, 0) is 25.0 Å². The number of halogens is 7. The van der Waals surface area contributed by atoms with Gasteiger partial charge in [-0.2, -0.15) is 36.5 Å². The zero-order valence-electron chi connectivity index (χ0n) is 33.4. The second kappa shape index (κ2) is 28.3. The Bertz CT molecular complexity index is 2270. The summed E-state index contributed by atoms with van der Waals surface area (Å²) in [5.74, 6) is 1.63. The Morgan fingerprint density at radius 3 is 1.64 bits per heavy atom. The van der Waals surface area contributed by atoms with Crippen LogP contribution in [0.25, 0.3) is 22.5 Å². The second-order valence-corrected chi connectivity index (χ2v) is 11.2. The van der Waals surface area contributed by atoms with Crippen LogP contribution >= 0.6 is 11.6 Å². The summed E-state index contributed by atoms with van der Waals surface area (Å²) in [7, 11) is 0. The molecular weight excluding hydrogens is 908 g/mol. The predicted octanol–water partition coefficient (Wildman–Crippen LogP) is -2.06. The fourth-order valence-corrected chi connectivity index (χ4v) is 4.02. The summed E-state index contributed by atoms with van der Waals surface area (Å²) in [6.45, 7) is 0.924. The van der Waals surface area contributed by atoms with Crippen molar-refractivity contribution in [1.29, 1.82) is 0 Å². The van der Waals surface area contributed by atoms with E-state index in [0.29, 0.717) is 40.6 Å². The molecule has 6 rings (SSSR count). The van der Waals surface area contributed by atoms with Gasteiger partial charge in [0.2, 0.25) is 0 Å². The molecular formula is C33H31ClF6K2N10O9. The molecule has 0 bridgehead atoms. The van der Waals surface area contributed by atoms with Crippen molar-refractivity contribution < 1.29 is 164 Å². The molecule has 0 atom stereocenters. The van der Waals surface area contributed by atoms with Crippen molar-refractivity contribution in [2.24, 2.45) is 0 Å². The molecule has 0 spiro atoms. The second-order valence-electron chi connectivity index (χ2n) is 10.9. The summed E-state index contributed by atoms with van der Waals surface area (Å²) in [6, 6.07) is 8.29. The van der Waals surface area contributed by atoms with Crippen molar-refractivity contribution in [2.45, 2.75) is 51.5 Å². The summed E-state index contributed by atoms with van der Waals surface area (Å²) >= 11 is 5.46. The number of aryl methyl sites for hydroxylation is 2. The first kappa shape index (κ1) is 55.5. The Labute approximate surface area is 431 Å². The van der Waals surface area contributed by atoms with Crippen molar-refractivity contribution in [2.75, 3.05) is 13.2 Å². The standard InChI is InChI=1S/C16H14F3N5O3.C10H7F3N4O2.C6H8ClNO.CH2O3.2K.H/c1-2-11-5-12(27-23-11)8-24-14(25)4-3-13(22-24)10-6-20-15(21-7-10)26-9-16(17,18)19;11-10(12,13)5-19-9-14-3-6(4-15-9)7-1-2-8(18)17-16-7;1-2-5-3-6(4-7)9-8-5;2-1-4-3;;;/h3-7H,2,8-9H2,1H3;1-4H,5H2,(H,17,18);3H,2,4H2,1H3;1,3H;;;/q;;;;2*+1;-1/p-1. The molecule has 19 nitrogen and oxygen atoms in total. The molecule has 0 saturated heterocycles.